The molecule has 39 heavy (non-hydrogen) atoms. The third-order valence-electron chi connectivity index (χ3n) is 6.59. The molecule has 0 saturated carbocycles. The number of methoxy groups -OCH3 is 3. The molecule has 0 radical (unpaired) electrons. The molecule has 3 aromatic rings. The van der Waals surface area contributed by atoms with Gasteiger partial charge in [0.1, 0.15) is 41.7 Å². The highest BCUT2D eigenvalue weighted by molar-refractivity contribution is 5.28. The molecule has 4 rings (SSSR count). The number of rotatable bonds is 13. The number of hydrogen-bond donors (Lipinski definition) is 2. The molecule has 1 saturated heterocycles. The number of aliphatic hydroxyl groups excluding tert-OH is 2. The standard InChI is InChI=1S/C30H36O9/c1-33-23-10-4-20(5-11-23)17-36-27-26(16-31)39-30(32)29(38-19-22-8-14-25(35-3)15-9-22)28(27)37-18-21-6-12-24(34-2)13-7-21/h4-15,26-32H,16-19H2,1-3H3. The fourth-order valence-electron chi connectivity index (χ4n) is 4.35. The van der Waals surface area contributed by atoms with Gasteiger partial charge in [-0.25, -0.2) is 0 Å². The van der Waals surface area contributed by atoms with Crippen LogP contribution in [-0.2, 0) is 38.8 Å². The Morgan fingerprint density at radius 3 is 1.28 bits per heavy atom. The smallest absolute Gasteiger partial charge is 0.184 e. The molecule has 0 bridgehead atoms. The van der Waals surface area contributed by atoms with Gasteiger partial charge in [0.05, 0.1) is 47.8 Å². The lowest BCUT2D eigenvalue weighted by molar-refractivity contribution is -0.315. The minimum atomic E-state index is -1.33. The lowest BCUT2D eigenvalue weighted by atomic mass is 9.98. The van der Waals surface area contributed by atoms with Crippen LogP contribution in [0.3, 0.4) is 0 Å². The fraction of sp³-hybridized carbons (Fsp3) is 0.400. The van der Waals surface area contributed by atoms with E-state index in [4.69, 9.17) is 33.2 Å². The predicted molar refractivity (Wildman–Crippen MR) is 143 cm³/mol. The summed E-state index contributed by atoms with van der Waals surface area (Å²) < 4.78 is 40.2. The van der Waals surface area contributed by atoms with Gasteiger partial charge in [-0.3, -0.25) is 0 Å². The van der Waals surface area contributed by atoms with Crippen LogP contribution in [0.15, 0.2) is 72.8 Å². The summed E-state index contributed by atoms with van der Waals surface area (Å²) in [7, 11) is 4.83. The highest BCUT2D eigenvalue weighted by Gasteiger charge is 2.47. The van der Waals surface area contributed by atoms with Gasteiger partial charge in [-0.05, 0) is 53.1 Å². The van der Waals surface area contributed by atoms with Crippen molar-refractivity contribution in [2.75, 3.05) is 27.9 Å². The number of benzene rings is 3. The van der Waals surface area contributed by atoms with Crippen LogP contribution in [0.5, 0.6) is 17.2 Å². The third-order valence-corrected chi connectivity index (χ3v) is 6.59. The van der Waals surface area contributed by atoms with Gasteiger partial charge in [0, 0.05) is 0 Å². The molecule has 210 valence electrons. The molecule has 9 heteroatoms. The molecule has 1 aliphatic rings. The van der Waals surface area contributed by atoms with Gasteiger partial charge >= 0.3 is 0 Å². The Balaban J connectivity index is 1.53. The van der Waals surface area contributed by atoms with E-state index < -0.39 is 30.7 Å². The van der Waals surface area contributed by atoms with Gasteiger partial charge < -0.3 is 43.4 Å². The van der Waals surface area contributed by atoms with Crippen LogP contribution in [0.1, 0.15) is 16.7 Å². The second-order valence-electron chi connectivity index (χ2n) is 9.12. The van der Waals surface area contributed by atoms with E-state index in [9.17, 15) is 10.2 Å². The lowest BCUT2D eigenvalue weighted by Crippen LogP contribution is -2.61. The first kappa shape index (κ1) is 28.8. The largest absolute Gasteiger partial charge is 0.497 e. The Kier molecular flexibility index (Phi) is 10.5. The minimum absolute atomic E-state index is 0.201. The van der Waals surface area contributed by atoms with Crippen LogP contribution in [0.25, 0.3) is 0 Å². The predicted octanol–water partition coefficient (Wildman–Crippen LogP) is 3.48. The average Bonchev–Trinajstić information content (AvgIpc) is 2.99. The first-order valence-electron chi connectivity index (χ1n) is 12.7. The Morgan fingerprint density at radius 1 is 0.564 bits per heavy atom. The van der Waals surface area contributed by atoms with Crippen molar-refractivity contribution >= 4 is 0 Å². The summed E-state index contributed by atoms with van der Waals surface area (Å²) in [5, 5.41) is 21.0. The molecule has 0 aliphatic carbocycles. The van der Waals surface area contributed by atoms with E-state index in [-0.39, 0.29) is 26.4 Å². The van der Waals surface area contributed by atoms with Crippen LogP contribution >= 0.6 is 0 Å². The van der Waals surface area contributed by atoms with Crippen molar-refractivity contribution in [3.63, 3.8) is 0 Å². The maximum Gasteiger partial charge on any atom is 0.184 e. The summed E-state index contributed by atoms with van der Waals surface area (Å²) in [6.45, 7) is 0.299. The van der Waals surface area contributed by atoms with E-state index >= 15 is 0 Å². The first-order valence-corrected chi connectivity index (χ1v) is 12.7. The molecular formula is C30H36O9. The average molecular weight is 541 g/mol. The van der Waals surface area contributed by atoms with Gasteiger partial charge in [-0.1, -0.05) is 36.4 Å². The Labute approximate surface area is 228 Å². The maximum atomic E-state index is 10.9. The van der Waals surface area contributed by atoms with Crippen LogP contribution < -0.4 is 14.2 Å². The Hall–Kier alpha value is -3.18. The van der Waals surface area contributed by atoms with E-state index in [1.54, 1.807) is 21.3 Å². The molecular weight excluding hydrogens is 504 g/mol. The molecule has 3 aromatic carbocycles. The molecule has 2 N–H and O–H groups in total. The van der Waals surface area contributed by atoms with Crippen LogP contribution in [-0.4, -0.2) is 68.9 Å². The van der Waals surface area contributed by atoms with Crippen molar-refractivity contribution in [2.45, 2.75) is 50.5 Å². The summed E-state index contributed by atoms with van der Waals surface area (Å²) in [5.41, 5.74) is 2.69. The van der Waals surface area contributed by atoms with E-state index in [1.165, 1.54) is 0 Å². The molecule has 0 aromatic heterocycles. The van der Waals surface area contributed by atoms with Gasteiger partial charge in [0.25, 0.3) is 0 Å². The van der Waals surface area contributed by atoms with Crippen molar-refractivity contribution in [1.82, 2.24) is 0 Å². The number of hydrogen-bond acceptors (Lipinski definition) is 9. The number of ether oxygens (including phenoxy) is 7. The van der Waals surface area contributed by atoms with Gasteiger partial charge in [-0.2, -0.15) is 0 Å². The lowest BCUT2D eigenvalue weighted by Gasteiger charge is -2.44. The van der Waals surface area contributed by atoms with Gasteiger partial charge in [0.2, 0.25) is 0 Å². The Morgan fingerprint density at radius 2 is 0.923 bits per heavy atom. The van der Waals surface area contributed by atoms with Crippen LogP contribution in [0.2, 0.25) is 0 Å². The summed E-state index contributed by atoms with van der Waals surface area (Å²) in [4.78, 5) is 0. The highest BCUT2D eigenvalue weighted by atomic mass is 16.7. The van der Waals surface area contributed by atoms with E-state index in [2.05, 4.69) is 0 Å². The molecule has 0 spiro atoms. The number of aliphatic hydroxyl groups is 2. The van der Waals surface area contributed by atoms with Crippen molar-refractivity contribution in [1.29, 1.82) is 0 Å². The molecule has 1 heterocycles. The van der Waals surface area contributed by atoms with Crippen LogP contribution in [0, 0.1) is 0 Å². The highest BCUT2D eigenvalue weighted by Crippen LogP contribution is 2.30. The summed E-state index contributed by atoms with van der Waals surface area (Å²) in [6, 6.07) is 22.5. The van der Waals surface area contributed by atoms with Crippen LogP contribution in [0.4, 0.5) is 0 Å². The zero-order valence-corrected chi connectivity index (χ0v) is 22.4. The summed E-state index contributed by atoms with van der Waals surface area (Å²) in [5.74, 6) is 2.21. The van der Waals surface area contributed by atoms with E-state index in [1.807, 2.05) is 72.8 Å². The second kappa shape index (κ2) is 14.3. The van der Waals surface area contributed by atoms with Crippen molar-refractivity contribution in [3.05, 3.63) is 89.5 Å². The fourth-order valence-corrected chi connectivity index (χ4v) is 4.35. The zero-order chi connectivity index (χ0) is 27.6. The minimum Gasteiger partial charge on any atom is -0.497 e. The van der Waals surface area contributed by atoms with Gasteiger partial charge in [-0.15, -0.1) is 0 Å². The normalized spacial score (nSPS) is 22.8. The molecule has 5 unspecified atom stereocenters. The molecule has 9 nitrogen and oxygen atoms in total. The second-order valence-corrected chi connectivity index (χ2v) is 9.12. The van der Waals surface area contributed by atoms with E-state index in [0.717, 1.165) is 33.9 Å². The van der Waals surface area contributed by atoms with Crippen molar-refractivity contribution in [3.8, 4) is 17.2 Å². The molecule has 5 atom stereocenters. The zero-order valence-electron chi connectivity index (χ0n) is 22.4. The SMILES string of the molecule is COc1ccc(COC2C(O)OC(CO)C(OCc3ccc(OC)cc3)C2OCc2ccc(OC)cc2)cc1. The molecule has 1 fully saturated rings. The summed E-state index contributed by atoms with van der Waals surface area (Å²) in [6.07, 6.45) is -4.50. The third kappa shape index (κ3) is 7.69. The molecule has 0 amide bonds. The summed E-state index contributed by atoms with van der Waals surface area (Å²) >= 11 is 0. The quantitative estimate of drug-likeness (QED) is 0.337. The Bertz CT molecular complexity index is 1120. The monoisotopic (exact) mass is 540 g/mol. The van der Waals surface area contributed by atoms with Gasteiger partial charge in [0.15, 0.2) is 6.29 Å². The topological polar surface area (TPSA) is 105 Å². The maximum absolute atomic E-state index is 10.9. The first-order chi connectivity index (χ1) is 19.0. The van der Waals surface area contributed by atoms with Crippen molar-refractivity contribution < 1.29 is 43.4 Å². The molecule has 1 aliphatic heterocycles. The van der Waals surface area contributed by atoms with E-state index in [0.29, 0.717) is 0 Å². The van der Waals surface area contributed by atoms with Crippen molar-refractivity contribution in [2.24, 2.45) is 0 Å².